The van der Waals surface area contributed by atoms with E-state index in [2.05, 4.69) is 4.90 Å². The molecule has 3 N–H and O–H groups in total. The first-order valence-corrected chi connectivity index (χ1v) is 8.69. The monoisotopic (exact) mass is 346 g/mol. The molecule has 6 heteroatoms. The van der Waals surface area contributed by atoms with Gasteiger partial charge in [-0.25, -0.2) is 0 Å². The van der Waals surface area contributed by atoms with Crippen LogP contribution < -0.4 is 4.74 Å². The molecule has 25 heavy (non-hydrogen) atoms. The van der Waals surface area contributed by atoms with Crippen LogP contribution in [0, 0.1) is 0 Å². The summed E-state index contributed by atoms with van der Waals surface area (Å²) in [6.45, 7) is 3.04. The highest BCUT2D eigenvalue weighted by molar-refractivity contribution is 5.38. The van der Waals surface area contributed by atoms with Gasteiger partial charge in [-0.05, 0) is 31.9 Å². The molecular weight excluding hydrogens is 320 g/mol. The third-order valence-electron chi connectivity index (χ3n) is 5.08. The second-order valence-electron chi connectivity index (χ2n) is 6.63. The predicted octanol–water partition coefficient (Wildman–Crippen LogP) is 2.28. The highest BCUT2D eigenvalue weighted by atomic mass is 16.5. The summed E-state index contributed by atoms with van der Waals surface area (Å²) in [7, 11) is 1.63. The summed E-state index contributed by atoms with van der Waals surface area (Å²) < 4.78 is 6.89. The number of benzene rings is 1. The van der Waals surface area contributed by atoms with E-state index in [1.807, 2.05) is 24.3 Å². The summed E-state index contributed by atoms with van der Waals surface area (Å²) in [4.78, 5) is 2.31. The Labute approximate surface area is 147 Å². The van der Waals surface area contributed by atoms with Crippen LogP contribution in [0.5, 0.6) is 17.5 Å². The molecule has 6 nitrogen and oxygen atoms in total. The average Bonchev–Trinajstić information content (AvgIpc) is 2.95. The van der Waals surface area contributed by atoms with E-state index < -0.39 is 5.60 Å². The number of likely N-dealkylation sites (tertiary alicyclic amines) is 1. The van der Waals surface area contributed by atoms with E-state index in [-0.39, 0.29) is 11.8 Å². The fourth-order valence-corrected chi connectivity index (χ4v) is 3.57. The third kappa shape index (κ3) is 3.75. The van der Waals surface area contributed by atoms with Gasteiger partial charge in [0.15, 0.2) is 11.8 Å². The van der Waals surface area contributed by atoms with Crippen LogP contribution in [0.4, 0.5) is 0 Å². The molecule has 136 valence electrons. The number of aliphatic hydroxyl groups is 1. The summed E-state index contributed by atoms with van der Waals surface area (Å²) in [6.07, 6.45) is 2.14. The van der Waals surface area contributed by atoms with Gasteiger partial charge in [-0.15, -0.1) is 0 Å². The van der Waals surface area contributed by atoms with Gasteiger partial charge in [-0.2, -0.15) is 0 Å². The molecule has 1 aliphatic rings. The van der Waals surface area contributed by atoms with Crippen LogP contribution in [0.15, 0.2) is 36.4 Å². The SMILES string of the molecule is COc1ccccc1C1(O)CCN(CCCn2c(O)ccc2O)CC1. The fraction of sp³-hybridized carbons (Fsp3) is 0.474. The first-order valence-electron chi connectivity index (χ1n) is 8.69. The van der Waals surface area contributed by atoms with Gasteiger partial charge in [0.1, 0.15) is 5.75 Å². The minimum atomic E-state index is -0.847. The van der Waals surface area contributed by atoms with E-state index in [0.717, 1.165) is 37.4 Å². The molecule has 0 spiro atoms. The summed E-state index contributed by atoms with van der Waals surface area (Å²) in [5.74, 6) is 0.903. The van der Waals surface area contributed by atoms with Gasteiger partial charge in [0.05, 0.1) is 12.7 Å². The normalized spacial score (nSPS) is 17.5. The van der Waals surface area contributed by atoms with Crippen LogP contribution in [-0.4, -0.2) is 51.5 Å². The van der Waals surface area contributed by atoms with Crippen molar-refractivity contribution in [2.45, 2.75) is 31.4 Å². The Hall–Kier alpha value is -2.18. The Balaban J connectivity index is 1.53. The van der Waals surface area contributed by atoms with Crippen LogP contribution in [0.25, 0.3) is 0 Å². The maximum atomic E-state index is 11.0. The van der Waals surface area contributed by atoms with Crippen LogP contribution >= 0.6 is 0 Å². The Kier molecular flexibility index (Phi) is 5.20. The average molecular weight is 346 g/mol. The zero-order valence-electron chi connectivity index (χ0n) is 14.6. The number of aromatic hydroxyl groups is 2. The molecule has 0 atom stereocenters. The Morgan fingerprint density at radius 1 is 1.00 bits per heavy atom. The summed E-state index contributed by atoms with van der Waals surface area (Å²) in [5, 5.41) is 30.4. The van der Waals surface area contributed by atoms with Crippen molar-refractivity contribution in [1.29, 1.82) is 0 Å². The summed E-state index contributed by atoms with van der Waals surface area (Å²) >= 11 is 0. The van der Waals surface area contributed by atoms with E-state index >= 15 is 0 Å². The number of piperidine rings is 1. The molecule has 1 fully saturated rings. The molecule has 3 rings (SSSR count). The van der Waals surface area contributed by atoms with Gasteiger partial charge >= 0.3 is 0 Å². The standard InChI is InChI=1S/C19H26N2O4/c1-25-16-6-3-2-5-15(16)19(24)9-13-20(14-10-19)11-4-12-21-17(22)7-8-18(21)23/h2-3,5-8,22-24H,4,9-14H2,1H3. The zero-order chi connectivity index (χ0) is 17.9. The van der Waals surface area contributed by atoms with Gasteiger partial charge in [0, 0.05) is 37.3 Å². The molecule has 1 aromatic carbocycles. The van der Waals surface area contributed by atoms with Gasteiger partial charge in [0.2, 0.25) is 0 Å². The van der Waals surface area contributed by atoms with E-state index in [0.29, 0.717) is 19.4 Å². The van der Waals surface area contributed by atoms with E-state index in [1.54, 1.807) is 7.11 Å². The molecule has 0 unspecified atom stereocenters. The Morgan fingerprint density at radius 2 is 1.64 bits per heavy atom. The topological polar surface area (TPSA) is 78.1 Å². The van der Waals surface area contributed by atoms with Crippen LogP contribution in [0.2, 0.25) is 0 Å². The maximum Gasteiger partial charge on any atom is 0.193 e. The number of hydrogen-bond donors (Lipinski definition) is 3. The van der Waals surface area contributed by atoms with Crippen LogP contribution in [-0.2, 0) is 12.1 Å². The first-order chi connectivity index (χ1) is 12.0. The van der Waals surface area contributed by atoms with E-state index in [4.69, 9.17) is 4.74 Å². The molecule has 0 radical (unpaired) electrons. The lowest BCUT2D eigenvalue weighted by molar-refractivity contribution is -0.0277. The van der Waals surface area contributed by atoms with Crippen molar-refractivity contribution in [2.75, 3.05) is 26.7 Å². The van der Waals surface area contributed by atoms with Crippen molar-refractivity contribution in [3.05, 3.63) is 42.0 Å². The molecule has 1 aromatic heterocycles. The molecule has 1 aliphatic heterocycles. The van der Waals surface area contributed by atoms with Crippen LogP contribution in [0.1, 0.15) is 24.8 Å². The molecular formula is C19H26N2O4. The van der Waals surface area contributed by atoms with Crippen molar-refractivity contribution < 1.29 is 20.1 Å². The largest absolute Gasteiger partial charge is 0.496 e. The Morgan fingerprint density at radius 3 is 2.28 bits per heavy atom. The number of aromatic nitrogens is 1. The summed E-state index contributed by atoms with van der Waals surface area (Å²) in [5.41, 5.74) is 0.0133. The van der Waals surface area contributed by atoms with Crippen molar-refractivity contribution in [1.82, 2.24) is 9.47 Å². The summed E-state index contributed by atoms with van der Waals surface area (Å²) in [6, 6.07) is 10.6. The second-order valence-corrected chi connectivity index (χ2v) is 6.63. The molecule has 2 heterocycles. The number of ether oxygens (including phenoxy) is 1. The third-order valence-corrected chi connectivity index (χ3v) is 5.08. The quantitative estimate of drug-likeness (QED) is 0.748. The van der Waals surface area contributed by atoms with Gasteiger partial charge in [-0.3, -0.25) is 4.57 Å². The zero-order valence-corrected chi connectivity index (χ0v) is 14.6. The van der Waals surface area contributed by atoms with Crippen molar-refractivity contribution in [3.8, 4) is 17.5 Å². The van der Waals surface area contributed by atoms with Crippen LogP contribution in [0.3, 0.4) is 0 Å². The number of hydrogen-bond acceptors (Lipinski definition) is 5. The maximum absolute atomic E-state index is 11.0. The highest BCUT2D eigenvalue weighted by Crippen LogP contribution is 2.37. The van der Waals surface area contributed by atoms with Crippen molar-refractivity contribution >= 4 is 0 Å². The van der Waals surface area contributed by atoms with Crippen molar-refractivity contribution in [2.24, 2.45) is 0 Å². The van der Waals surface area contributed by atoms with Gasteiger partial charge < -0.3 is 25.0 Å². The van der Waals surface area contributed by atoms with E-state index in [9.17, 15) is 15.3 Å². The number of para-hydroxylation sites is 1. The minimum absolute atomic E-state index is 0.0849. The number of nitrogens with zero attached hydrogens (tertiary/aromatic N) is 2. The highest BCUT2D eigenvalue weighted by Gasteiger charge is 2.35. The molecule has 0 saturated carbocycles. The second kappa shape index (κ2) is 7.37. The predicted molar refractivity (Wildman–Crippen MR) is 94.9 cm³/mol. The lowest BCUT2D eigenvalue weighted by Gasteiger charge is -2.39. The first kappa shape index (κ1) is 17.6. The van der Waals surface area contributed by atoms with E-state index in [1.165, 1.54) is 16.7 Å². The van der Waals surface area contributed by atoms with Crippen molar-refractivity contribution in [3.63, 3.8) is 0 Å². The smallest absolute Gasteiger partial charge is 0.193 e. The molecule has 0 aliphatic carbocycles. The fourth-order valence-electron chi connectivity index (χ4n) is 3.57. The molecule has 2 aromatic rings. The lowest BCUT2D eigenvalue weighted by atomic mass is 9.84. The van der Waals surface area contributed by atoms with Gasteiger partial charge in [-0.1, -0.05) is 18.2 Å². The number of methoxy groups -OCH3 is 1. The Bertz CT molecular complexity index is 686. The molecule has 0 bridgehead atoms. The molecule has 0 amide bonds. The van der Waals surface area contributed by atoms with Gasteiger partial charge in [0.25, 0.3) is 0 Å². The molecule has 1 saturated heterocycles. The number of rotatable bonds is 6. The lowest BCUT2D eigenvalue weighted by Crippen LogP contribution is -2.43. The minimum Gasteiger partial charge on any atom is -0.496 e.